The van der Waals surface area contributed by atoms with Crippen LogP contribution in [0.4, 0.5) is 0 Å². The molecule has 22 heavy (non-hydrogen) atoms. The monoisotopic (exact) mass is 278 g/mol. The van der Waals surface area contributed by atoms with Crippen molar-refractivity contribution in [2.45, 2.75) is 0 Å². The molecule has 0 saturated heterocycles. The highest BCUT2D eigenvalue weighted by Gasteiger charge is 2.12. The highest BCUT2D eigenvalue weighted by Crippen LogP contribution is 2.35. The van der Waals surface area contributed by atoms with Crippen LogP contribution in [0.1, 0.15) is 0 Å². The standard InChI is InChI=1S/C20H10N2/c1-3-12-4-2-11(1)15-9-10-16-20(17(12)15)22-19-14-7-5-13(6-8-14)18(19)21-16/h1-10H. The Morgan fingerprint density at radius 3 is 1.77 bits per heavy atom. The van der Waals surface area contributed by atoms with Gasteiger partial charge in [-0.25, -0.2) is 9.97 Å². The molecule has 0 aliphatic carbocycles. The average Bonchev–Trinajstić information content (AvgIpc) is 2.62. The molecule has 4 bridgehead atoms. The molecule has 0 fully saturated rings. The SMILES string of the molecule is c1cc2ccc1c1ccc3nc4c5ccc(cc5)c4nc3c21. The van der Waals surface area contributed by atoms with Crippen molar-refractivity contribution in [3.05, 3.63) is 60.7 Å². The zero-order valence-electron chi connectivity index (χ0n) is 11.7. The van der Waals surface area contributed by atoms with Crippen LogP contribution >= 0.6 is 0 Å². The van der Waals surface area contributed by atoms with Crippen LogP contribution in [0.5, 0.6) is 0 Å². The minimum absolute atomic E-state index is 0.974. The largest absolute Gasteiger partial charge is 0.244 e. The van der Waals surface area contributed by atoms with Gasteiger partial charge in [-0.1, -0.05) is 54.6 Å². The van der Waals surface area contributed by atoms with Gasteiger partial charge in [-0.2, -0.15) is 0 Å². The Hall–Kier alpha value is -3.00. The molecular formula is C20H10N2. The minimum Gasteiger partial charge on any atom is -0.244 e. The maximum absolute atomic E-state index is 5.01. The lowest BCUT2D eigenvalue weighted by molar-refractivity contribution is 1.42. The third kappa shape index (κ3) is 1.13. The summed E-state index contributed by atoms with van der Waals surface area (Å²) in [4.78, 5) is 9.90. The van der Waals surface area contributed by atoms with Crippen molar-refractivity contribution in [3.8, 4) is 0 Å². The molecule has 2 heteroatoms. The molecule has 1 aromatic heterocycles. The molecule has 0 atom stereocenters. The first-order valence-electron chi connectivity index (χ1n) is 7.45. The first-order valence-corrected chi connectivity index (χ1v) is 7.45. The molecule has 2 nitrogen and oxygen atoms in total. The van der Waals surface area contributed by atoms with Crippen LogP contribution in [0.25, 0.3) is 54.4 Å². The van der Waals surface area contributed by atoms with E-state index in [9.17, 15) is 0 Å². The van der Waals surface area contributed by atoms with Crippen LogP contribution in [0.3, 0.4) is 0 Å². The fourth-order valence-corrected chi connectivity index (χ4v) is 3.66. The molecule has 0 unspecified atom stereocenters. The molecule has 0 spiro atoms. The highest BCUT2D eigenvalue weighted by atomic mass is 14.8. The third-order valence-corrected chi connectivity index (χ3v) is 4.75. The summed E-state index contributed by atoms with van der Waals surface area (Å²) in [6.45, 7) is 0. The second kappa shape index (κ2) is 3.42. The molecule has 0 amide bonds. The summed E-state index contributed by atoms with van der Waals surface area (Å²) in [7, 11) is 0. The molecule has 100 valence electrons. The molecule has 8 aromatic rings. The molecule has 0 saturated carbocycles. The number of rotatable bonds is 0. The lowest BCUT2D eigenvalue weighted by Crippen LogP contribution is -1.92. The van der Waals surface area contributed by atoms with E-state index in [1.807, 2.05) is 0 Å². The van der Waals surface area contributed by atoms with Crippen molar-refractivity contribution in [2.75, 3.05) is 0 Å². The molecule has 0 N–H and O–H groups in total. The zero-order chi connectivity index (χ0) is 14.3. The fraction of sp³-hybridized carbons (Fsp3) is 0. The number of aromatic nitrogens is 2. The maximum Gasteiger partial charge on any atom is 0.0979 e. The van der Waals surface area contributed by atoms with Crippen molar-refractivity contribution in [1.29, 1.82) is 0 Å². The topological polar surface area (TPSA) is 25.8 Å². The minimum atomic E-state index is 0.974. The lowest BCUT2D eigenvalue weighted by Gasteiger charge is -2.11. The lowest BCUT2D eigenvalue weighted by atomic mass is 9.97. The van der Waals surface area contributed by atoms with E-state index >= 15 is 0 Å². The van der Waals surface area contributed by atoms with E-state index in [2.05, 4.69) is 60.7 Å². The number of fused-ring (bicyclic) bond motifs is 5. The summed E-state index contributed by atoms with van der Waals surface area (Å²) < 4.78 is 0. The Morgan fingerprint density at radius 1 is 0.455 bits per heavy atom. The van der Waals surface area contributed by atoms with Gasteiger partial charge in [-0.15, -0.1) is 0 Å². The second-order valence-electron chi connectivity index (χ2n) is 5.93. The van der Waals surface area contributed by atoms with E-state index in [0.29, 0.717) is 0 Å². The van der Waals surface area contributed by atoms with Crippen molar-refractivity contribution in [1.82, 2.24) is 9.97 Å². The van der Waals surface area contributed by atoms with Gasteiger partial charge in [0.25, 0.3) is 0 Å². The Bertz CT molecular complexity index is 1260. The van der Waals surface area contributed by atoms with E-state index in [1.165, 1.54) is 21.5 Å². The van der Waals surface area contributed by atoms with Crippen molar-refractivity contribution < 1.29 is 0 Å². The quantitative estimate of drug-likeness (QED) is 0.285. The molecule has 1 heterocycles. The predicted molar refractivity (Wildman–Crippen MR) is 91.9 cm³/mol. The van der Waals surface area contributed by atoms with Crippen LogP contribution in [0.2, 0.25) is 0 Å². The second-order valence-corrected chi connectivity index (χ2v) is 5.93. The average molecular weight is 278 g/mol. The van der Waals surface area contributed by atoms with Crippen molar-refractivity contribution in [3.63, 3.8) is 0 Å². The van der Waals surface area contributed by atoms with Gasteiger partial charge in [0.05, 0.1) is 22.1 Å². The molecule has 0 aliphatic rings. The number of hydrogen-bond acceptors (Lipinski definition) is 2. The first-order chi connectivity index (χ1) is 10.9. The molecule has 0 radical (unpaired) electrons. The first kappa shape index (κ1) is 10.7. The van der Waals surface area contributed by atoms with E-state index in [0.717, 1.165) is 32.8 Å². The fourth-order valence-electron chi connectivity index (χ4n) is 3.66. The zero-order valence-corrected chi connectivity index (χ0v) is 11.7. The van der Waals surface area contributed by atoms with E-state index in [-0.39, 0.29) is 0 Å². The smallest absolute Gasteiger partial charge is 0.0979 e. The van der Waals surface area contributed by atoms with Gasteiger partial charge in [0.2, 0.25) is 0 Å². The van der Waals surface area contributed by atoms with Gasteiger partial charge in [-0.3, -0.25) is 0 Å². The van der Waals surface area contributed by atoms with E-state index in [1.54, 1.807) is 0 Å². The van der Waals surface area contributed by atoms with Crippen LogP contribution in [0.15, 0.2) is 60.7 Å². The Morgan fingerprint density at radius 2 is 1.05 bits per heavy atom. The van der Waals surface area contributed by atoms with Gasteiger partial charge in [0, 0.05) is 16.2 Å². The van der Waals surface area contributed by atoms with Crippen LogP contribution in [-0.2, 0) is 0 Å². The molecule has 8 rings (SSSR count). The summed E-state index contributed by atoms with van der Waals surface area (Å²) in [5.74, 6) is 0. The summed E-state index contributed by atoms with van der Waals surface area (Å²) >= 11 is 0. The number of hydrogen-bond donors (Lipinski definition) is 0. The van der Waals surface area contributed by atoms with Crippen molar-refractivity contribution in [2.24, 2.45) is 0 Å². The predicted octanol–water partition coefficient (Wildman–Crippen LogP) is 5.12. The summed E-state index contributed by atoms with van der Waals surface area (Å²) in [5.41, 5.74) is 4.01. The van der Waals surface area contributed by atoms with E-state index < -0.39 is 0 Å². The molecule has 0 aliphatic heterocycles. The van der Waals surface area contributed by atoms with Gasteiger partial charge < -0.3 is 0 Å². The van der Waals surface area contributed by atoms with Gasteiger partial charge >= 0.3 is 0 Å². The highest BCUT2D eigenvalue weighted by molar-refractivity contribution is 6.21. The Labute approximate surface area is 125 Å². The summed E-state index contributed by atoms with van der Waals surface area (Å²) in [5, 5.41) is 7.30. The van der Waals surface area contributed by atoms with Gasteiger partial charge in [-0.05, 0) is 22.2 Å². The number of nitrogens with zero attached hydrogens (tertiary/aromatic N) is 2. The number of benzene rings is 7. The van der Waals surface area contributed by atoms with Crippen molar-refractivity contribution >= 4 is 54.4 Å². The Kier molecular flexibility index (Phi) is 1.66. The van der Waals surface area contributed by atoms with E-state index in [4.69, 9.17) is 9.97 Å². The Balaban J connectivity index is 1.96. The van der Waals surface area contributed by atoms with Crippen LogP contribution in [0, 0.1) is 0 Å². The normalized spacial score (nSPS) is 12.5. The van der Waals surface area contributed by atoms with Gasteiger partial charge in [0.15, 0.2) is 0 Å². The molecular weight excluding hydrogens is 268 g/mol. The van der Waals surface area contributed by atoms with Crippen LogP contribution in [-0.4, -0.2) is 9.97 Å². The third-order valence-electron chi connectivity index (χ3n) is 4.75. The van der Waals surface area contributed by atoms with Gasteiger partial charge in [0.1, 0.15) is 0 Å². The summed E-state index contributed by atoms with van der Waals surface area (Å²) in [6, 6.07) is 21.5. The van der Waals surface area contributed by atoms with Crippen LogP contribution < -0.4 is 0 Å². The summed E-state index contributed by atoms with van der Waals surface area (Å²) in [6.07, 6.45) is 0. The maximum atomic E-state index is 5.01. The molecule has 7 aromatic carbocycles.